The molecule has 0 saturated carbocycles. The summed E-state index contributed by atoms with van der Waals surface area (Å²) >= 11 is 0. The van der Waals surface area contributed by atoms with Crippen molar-refractivity contribution in [3.05, 3.63) is 119 Å². The molecule has 43 heavy (non-hydrogen) atoms. The van der Waals surface area contributed by atoms with E-state index in [1.807, 2.05) is 36.4 Å². The molecule has 0 bridgehead atoms. The lowest BCUT2D eigenvalue weighted by atomic mass is 10.0. The second-order valence-electron chi connectivity index (χ2n) is 12.4. The lowest BCUT2D eigenvalue weighted by Crippen LogP contribution is -1.92. The second-order valence-corrected chi connectivity index (χ2v) is 12.4. The SMILES string of the molecule is C=C(C)c1ccc(CCCCCCCCCCCCCCCCCCc2ccc(C=CC(=O)c3ccccc3)cc2)cc1. The van der Waals surface area contributed by atoms with E-state index < -0.39 is 0 Å². The molecule has 0 spiro atoms. The van der Waals surface area contributed by atoms with Crippen molar-refractivity contribution in [2.24, 2.45) is 0 Å². The van der Waals surface area contributed by atoms with Crippen molar-refractivity contribution < 1.29 is 4.79 Å². The van der Waals surface area contributed by atoms with Crippen LogP contribution in [0, 0.1) is 0 Å². The van der Waals surface area contributed by atoms with Crippen LogP contribution in [0.3, 0.4) is 0 Å². The summed E-state index contributed by atoms with van der Waals surface area (Å²) < 4.78 is 0. The van der Waals surface area contributed by atoms with Gasteiger partial charge >= 0.3 is 0 Å². The Morgan fingerprint density at radius 3 is 1.33 bits per heavy atom. The van der Waals surface area contributed by atoms with Gasteiger partial charge in [0.15, 0.2) is 5.78 Å². The van der Waals surface area contributed by atoms with Gasteiger partial charge in [0.25, 0.3) is 0 Å². The van der Waals surface area contributed by atoms with E-state index in [1.54, 1.807) is 6.08 Å². The largest absolute Gasteiger partial charge is 0.289 e. The average molecular weight is 577 g/mol. The van der Waals surface area contributed by atoms with E-state index in [2.05, 4.69) is 62.0 Å². The normalized spacial score (nSPS) is 11.3. The van der Waals surface area contributed by atoms with Crippen LogP contribution in [0.25, 0.3) is 11.6 Å². The van der Waals surface area contributed by atoms with Gasteiger partial charge in [-0.05, 0) is 60.9 Å². The Morgan fingerprint density at radius 2 is 0.907 bits per heavy atom. The van der Waals surface area contributed by atoms with Crippen molar-refractivity contribution in [1.82, 2.24) is 0 Å². The predicted octanol–water partition coefficient (Wildman–Crippen LogP) is 12.6. The maximum atomic E-state index is 12.2. The molecule has 1 nitrogen and oxygen atoms in total. The van der Waals surface area contributed by atoms with Crippen LogP contribution in [-0.2, 0) is 12.8 Å². The van der Waals surface area contributed by atoms with Crippen molar-refractivity contribution >= 4 is 17.4 Å². The molecule has 0 radical (unpaired) electrons. The maximum Gasteiger partial charge on any atom is 0.185 e. The van der Waals surface area contributed by atoms with Crippen LogP contribution in [0.4, 0.5) is 0 Å². The monoisotopic (exact) mass is 576 g/mol. The number of hydrogen-bond acceptors (Lipinski definition) is 1. The molecule has 0 aliphatic heterocycles. The summed E-state index contributed by atoms with van der Waals surface area (Å²) in [4.78, 5) is 12.2. The van der Waals surface area contributed by atoms with Crippen LogP contribution in [0.1, 0.15) is 142 Å². The highest BCUT2D eigenvalue weighted by Gasteiger charge is 2.01. The first-order valence-electron chi connectivity index (χ1n) is 17.2. The van der Waals surface area contributed by atoms with E-state index in [0.29, 0.717) is 0 Å². The quantitative estimate of drug-likeness (QED) is 0.0623. The van der Waals surface area contributed by atoms with Crippen LogP contribution in [0.5, 0.6) is 0 Å². The molecule has 0 aliphatic carbocycles. The Balaban J connectivity index is 1.06. The van der Waals surface area contributed by atoms with E-state index in [9.17, 15) is 4.79 Å². The minimum atomic E-state index is 0.0509. The molecule has 3 aromatic carbocycles. The van der Waals surface area contributed by atoms with Gasteiger partial charge in [0.05, 0.1) is 0 Å². The van der Waals surface area contributed by atoms with Crippen molar-refractivity contribution in [2.45, 2.75) is 122 Å². The predicted molar refractivity (Wildman–Crippen MR) is 189 cm³/mol. The Labute approximate surface area is 263 Å². The van der Waals surface area contributed by atoms with Gasteiger partial charge in [-0.15, -0.1) is 0 Å². The van der Waals surface area contributed by atoms with Gasteiger partial charge in [-0.2, -0.15) is 0 Å². The smallest absolute Gasteiger partial charge is 0.185 e. The minimum absolute atomic E-state index is 0.0509. The number of ketones is 1. The fourth-order valence-corrected chi connectivity index (χ4v) is 5.76. The van der Waals surface area contributed by atoms with E-state index in [0.717, 1.165) is 23.1 Å². The molecule has 0 aliphatic rings. The topological polar surface area (TPSA) is 17.1 Å². The molecule has 1 heteroatoms. The minimum Gasteiger partial charge on any atom is -0.289 e. The van der Waals surface area contributed by atoms with Gasteiger partial charge in [0.1, 0.15) is 0 Å². The maximum absolute atomic E-state index is 12.2. The third-order valence-corrected chi connectivity index (χ3v) is 8.59. The number of carbonyl (C=O) groups is 1. The van der Waals surface area contributed by atoms with Crippen molar-refractivity contribution in [3.8, 4) is 0 Å². The van der Waals surface area contributed by atoms with Gasteiger partial charge in [-0.1, -0.05) is 187 Å². The van der Waals surface area contributed by atoms with Gasteiger partial charge in [0.2, 0.25) is 0 Å². The number of allylic oxidation sites excluding steroid dienone is 2. The fraction of sp³-hybridized carbons (Fsp3) is 0.452. The number of carbonyl (C=O) groups excluding carboxylic acids is 1. The molecule has 0 fully saturated rings. The highest BCUT2D eigenvalue weighted by atomic mass is 16.1. The van der Waals surface area contributed by atoms with Crippen LogP contribution in [-0.4, -0.2) is 5.78 Å². The molecule has 3 rings (SSSR count). The van der Waals surface area contributed by atoms with Gasteiger partial charge in [-0.25, -0.2) is 0 Å². The van der Waals surface area contributed by atoms with Gasteiger partial charge in [0, 0.05) is 5.56 Å². The molecule has 0 N–H and O–H groups in total. The summed E-state index contributed by atoms with van der Waals surface area (Å²) in [5.41, 5.74) is 7.08. The lowest BCUT2D eigenvalue weighted by Gasteiger charge is -2.05. The molecular formula is C42H56O. The van der Waals surface area contributed by atoms with Crippen LogP contribution in [0.15, 0.2) is 91.5 Å². The number of rotatable bonds is 23. The first kappa shape index (κ1) is 34.3. The number of unbranched alkanes of at least 4 members (excludes halogenated alkanes) is 15. The zero-order valence-electron chi connectivity index (χ0n) is 27.0. The Kier molecular flexibility index (Phi) is 17.1. The number of hydrogen-bond donors (Lipinski definition) is 0. The van der Waals surface area contributed by atoms with E-state index in [1.165, 1.54) is 126 Å². The third kappa shape index (κ3) is 15.2. The van der Waals surface area contributed by atoms with Crippen molar-refractivity contribution in [1.29, 1.82) is 0 Å². The zero-order valence-corrected chi connectivity index (χ0v) is 27.0. The molecule has 0 amide bonds. The molecule has 230 valence electrons. The Bertz CT molecular complexity index is 1180. The highest BCUT2D eigenvalue weighted by Crippen LogP contribution is 2.17. The summed E-state index contributed by atoms with van der Waals surface area (Å²) in [7, 11) is 0. The van der Waals surface area contributed by atoms with Gasteiger partial charge in [-0.3, -0.25) is 4.79 Å². The molecule has 0 saturated heterocycles. The second kappa shape index (κ2) is 21.5. The Morgan fingerprint density at radius 1 is 0.512 bits per heavy atom. The third-order valence-electron chi connectivity index (χ3n) is 8.59. The first-order valence-corrected chi connectivity index (χ1v) is 17.2. The summed E-state index contributed by atoms with van der Waals surface area (Å²) in [5.74, 6) is 0.0509. The van der Waals surface area contributed by atoms with E-state index in [-0.39, 0.29) is 5.78 Å². The van der Waals surface area contributed by atoms with Gasteiger partial charge < -0.3 is 0 Å². The summed E-state index contributed by atoms with van der Waals surface area (Å²) in [6.07, 6.45) is 28.2. The molecular weight excluding hydrogens is 520 g/mol. The molecule has 0 atom stereocenters. The standard InChI is InChI=1S/C42H56O/c1-36(2)40-33-30-38(31-34-40)23-19-16-14-12-10-8-6-4-3-5-7-9-11-13-15-18-22-37-26-28-39(29-27-37)32-35-42(43)41-24-20-17-21-25-41/h17,20-21,24-35H,1,3-16,18-19,22-23H2,2H3. The van der Waals surface area contributed by atoms with Crippen molar-refractivity contribution in [2.75, 3.05) is 0 Å². The molecule has 0 unspecified atom stereocenters. The van der Waals surface area contributed by atoms with Crippen LogP contribution < -0.4 is 0 Å². The number of benzene rings is 3. The van der Waals surface area contributed by atoms with Crippen LogP contribution >= 0.6 is 0 Å². The summed E-state index contributed by atoms with van der Waals surface area (Å²) in [6, 6.07) is 27.1. The van der Waals surface area contributed by atoms with Crippen LogP contribution in [0.2, 0.25) is 0 Å². The highest BCUT2D eigenvalue weighted by molar-refractivity contribution is 6.06. The van der Waals surface area contributed by atoms with Crippen molar-refractivity contribution in [3.63, 3.8) is 0 Å². The Hall–Kier alpha value is -3.19. The first-order chi connectivity index (χ1) is 21.1. The lowest BCUT2D eigenvalue weighted by molar-refractivity contribution is 0.104. The zero-order chi connectivity index (χ0) is 30.4. The molecule has 0 heterocycles. The summed E-state index contributed by atoms with van der Waals surface area (Å²) in [6.45, 7) is 6.09. The average Bonchev–Trinajstić information content (AvgIpc) is 3.04. The van der Waals surface area contributed by atoms with E-state index >= 15 is 0 Å². The molecule has 0 aromatic heterocycles. The molecule has 3 aromatic rings. The fourth-order valence-electron chi connectivity index (χ4n) is 5.76. The summed E-state index contributed by atoms with van der Waals surface area (Å²) in [5, 5.41) is 0. The van der Waals surface area contributed by atoms with E-state index in [4.69, 9.17) is 0 Å². The number of aryl methyl sites for hydroxylation is 2.